The number of carboxylic acids is 1. The van der Waals surface area contributed by atoms with Gasteiger partial charge in [-0.2, -0.15) is 0 Å². The number of nitrogens with zero attached hydrogens (tertiary/aromatic N) is 1. The number of benzene rings is 1. The van der Waals surface area contributed by atoms with E-state index >= 15 is 0 Å². The lowest BCUT2D eigenvalue weighted by Crippen LogP contribution is -2.49. The van der Waals surface area contributed by atoms with Gasteiger partial charge in [0.15, 0.2) is 12.7 Å². The molecule has 0 bridgehead atoms. The normalized spacial score (nSPS) is 17.9. The van der Waals surface area contributed by atoms with Crippen LogP contribution in [0.15, 0.2) is 24.3 Å². The fourth-order valence-electron chi connectivity index (χ4n) is 2.06. The molecule has 1 heterocycles. The smallest absolute Gasteiger partial charge is 0.334 e. The van der Waals surface area contributed by atoms with Gasteiger partial charge in [0.1, 0.15) is 11.5 Å². The molecule has 1 N–H and O–H groups in total. The van der Waals surface area contributed by atoms with Gasteiger partial charge in [-0.3, -0.25) is 4.79 Å². The number of aliphatic carboxylic acids is 1. The molecule has 1 atom stereocenters. The van der Waals surface area contributed by atoms with Crippen molar-refractivity contribution in [2.45, 2.75) is 13.0 Å². The Bertz CT molecular complexity index is 515. The van der Waals surface area contributed by atoms with Crippen molar-refractivity contribution < 1.29 is 28.9 Å². The summed E-state index contributed by atoms with van der Waals surface area (Å²) in [6, 6.07) is 6.96. The van der Waals surface area contributed by atoms with Crippen molar-refractivity contribution in [1.29, 1.82) is 0 Å². The van der Waals surface area contributed by atoms with Crippen LogP contribution < -0.4 is 9.47 Å². The van der Waals surface area contributed by atoms with Crippen LogP contribution in [0.25, 0.3) is 0 Å². The molecule has 1 aliphatic heterocycles. The number of morpholine rings is 1. The van der Waals surface area contributed by atoms with Gasteiger partial charge in [0.2, 0.25) is 0 Å². The summed E-state index contributed by atoms with van der Waals surface area (Å²) in [5.41, 5.74) is 0. The molecule has 0 radical (unpaired) electrons. The zero-order valence-corrected chi connectivity index (χ0v) is 12.4. The lowest BCUT2D eigenvalue weighted by molar-refractivity contribution is -0.159. The second-order valence-electron chi connectivity index (χ2n) is 4.73. The van der Waals surface area contributed by atoms with Gasteiger partial charge in [-0.25, -0.2) is 4.79 Å². The molecular weight excluding hydrogens is 290 g/mol. The highest BCUT2D eigenvalue weighted by Crippen LogP contribution is 2.17. The highest BCUT2D eigenvalue weighted by Gasteiger charge is 2.28. The van der Waals surface area contributed by atoms with E-state index < -0.39 is 12.1 Å². The highest BCUT2D eigenvalue weighted by molar-refractivity contribution is 5.79. The fourth-order valence-corrected chi connectivity index (χ4v) is 2.06. The van der Waals surface area contributed by atoms with Gasteiger partial charge < -0.3 is 24.2 Å². The van der Waals surface area contributed by atoms with E-state index in [-0.39, 0.29) is 25.7 Å². The first-order chi connectivity index (χ1) is 10.6. The number of ether oxygens (including phenoxy) is 3. The summed E-state index contributed by atoms with van der Waals surface area (Å²) in [4.78, 5) is 24.4. The molecule has 0 aromatic heterocycles. The van der Waals surface area contributed by atoms with E-state index in [1.807, 2.05) is 6.92 Å². The van der Waals surface area contributed by atoms with Gasteiger partial charge >= 0.3 is 5.97 Å². The van der Waals surface area contributed by atoms with Gasteiger partial charge in [-0.15, -0.1) is 0 Å². The van der Waals surface area contributed by atoms with Crippen LogP contribution in [-0.4, -0.2) is 60.9 Å². The summed E-state index contributed by atoms with van der Waals surface area (Å²) in [5.74, 6) is -0.0353. The minimum atomic E-state index is -1.06. The van der Waals surface area contributed by atoms with E-state index in [4.69, 9.17) is 19.3 Å². The second-order valence-corrected chi connectivity index (χ2v) is 4.73. The number of hydrogen-bond acceptors (Lipinski definition) is 5. The van der Waals surface area contributed by atoms with Crippen LogP contribution in [0.2, 0.25) is 0 Å². The zero-order valence-electron chi connectivity index (χ0n) is 12.4. The Kier molecular flexibility index (Phi) is 5.60. The Labute approximate surface area is 128 Å². The molecule has 0 saturated carbocycles. The standard InChI is InChI=1S/C15H19NO6/c1-2-20-11-3-5-12(6-4-11)22-10-14(17)16-7-8-21-13(9-16)15(18)19/h3-6,13H,2,7-10H2,1H3,(H,18,19). The fraction of sp³-hybridized carbons (Fsp3) is 0.467. The van der Waals surface area contributed by atoms with Crippen molar-refractivity contribution in [3.05, 3.63) is 24.3 Å². The topological polar surface area (TPSA) is 85.3 Å². The molecule has 120 valence electrons. The number of rotatable bonds is 6. The third-order valence-electron chi connectivity index (χ3n) is 3.19. The molecule has 22 heavy (non-hydrogen) atoms. The Morgan fingerprint density at radius 1 is 1.27 bits per heavy atom. The lowest BCUT2D eigenvalue weighted by atomic mass is 10.2. The van der Waals surface area contributed by atoms with Crippen molar-refractivity contribution in [3.8, 4) is 11.5 Å². The maximum Gasteiger partial charge on any atom is 0.334 e. The average Bonchev–Trinajstić information content (AvgIpc) is 2.54. The second kappa shape index (κ2) is 7.65. The molecule has 0 spiro atoms. The molecular formula is C15H19NO6. The predicted octanol–water partition coefficient (Wildman–Crippen LogP) is 0.776. The monoisotopic (exact) mass is 309 g/mol. The first-order valence-electron chi connectivity index (χ1n) is 7.08. The quantitative estimate of drug-likeness (QED) is 0.835. The number of carboxylic acid groups (broad SMARTS) is 1. The van der Waals surface area contributed by atoms with Crippen molar-refractivity contribution >= 4 is 11.9 Å². The van der Waals surface area contributed by atoms with Crippen molar-refractivity contribution in [2.24, 2.45) is 0 Å². The summed E-state index contributed by atoms with van der Waals surface area (Å²) in [6.07, 6.45) is -0.969. The summed E-state index contributed by atoms with van der Waals surface area (Å²) in [5, 5.41) is 8.91. The van der Waals surface area contributed by atoms with E-state index in [0.717, 1.165) is 5.75 Å². The van der Waals surface area contributed by atoms with Crippen LogP contribution in [0, 0.1) is 0 Å². The number of amides is 1. The molecule has 7 heteroatoms. The number of carbonyl (C=O) groups excluding carboxylic acids is 1. The SMILES string of the molecule is CCOc1ccc(OCC(=O)N2CCOC(C(=O)O)C2)cc1. The minimum Gasteiger partial charge on any atom is -0.494 e. The molecule has 2 rings (SSSR count). The van der Waals surface area contributed by atoms with Crippen molar-refractivity contribution in [1.82, 2.24) is 4.90 Å². The Morgan fingerprint density at radius 3 is 2.50 bits per heavy atom. The molecule has 1 aliphatic rings. The predicted molar refractivity (Wildman–Crippen MR) is 77.1 cm³/mol. The molecule has 1 unspecified atom stereocenters. The molecule has 1 amide bonds. The van der Waals surface area contributed by atoms with Gasteiger partial charge in [-0.05, 0) is 31.2 Å². The molecule has 1 fully saturated rings. The van der Waals surface area contributed by atoms with Crippen molar-refractivity contribution in [2.75, 3.05) is 32.9 Å². The number of hydrogen-bond donors (Lipinski definition) is 1. The summed E-state index contributed by atoms with van der Waals surface area (Å²) in [6.45, 7) is 2.97. The van der Waals surface area contributed by atoms with Gasteiger partial charge in [0, 0.05) is 6.54 Å². The van der Waals surface area contributed by atoms with Crippen molar-refractivity contribution in [3.63, 3.8) is 0 Å². The maximum absolute atomic E-state index is 12.0. The first kappa shape index (κ1) is 16.1. The lowest BCUT2D eigenvalue weighted by Gasteiger charge is -2.30. The van der Waals surface area contributed by atoms with Gasteiger partial charge in [-0.1, -0.05) is 0 Å². The van der Waals surface area contributed by atoms with E-state index in [1.54, 1.807) is 24.3 Å². The van der Waals surface area contributed by atoms with Crippen LogP contribution in [0.3, 0.4) is 0 Å². The average molecular weight is 309 g/mol. The van der Waals surface area contributed by atoms with Crippen LogP contribution in [0.5, 0.6) is 11.5 Å². The molecule has 1 saturated heterocycles. The highest BCUT2D eigenvalue weighted by atomic mass is 16.5. The summed E-state index contributed by atoms with van der Waals surface area (Å²) < 4.78 is 15.8. The largest absolute Gasteiger partial charge is 0.494 e. The van der Waals surface area contributed by atoms with E-state index in [0.29, 0.717) is 18.9 Å². The van der Waals surface area contributed by atoms with Crippen LogP contribution in [0.4, 0.5) is 0 Å². The van der Waals surface area contributed by atoms with Crippen LogP contribution in [-0.2, 0) is 14.3 Å². The third-order valence-corrected chi connectivity index (χ3v) is 3.19. The molecule has 0 aliphatic carbocycles. The maximum atomic E-state index is 12.0. The Morgan fingerprint density at radius 2 is 1.91 bits per heavy atom. The van der Waals surface area contributed by atoms with Gasteiger partial charge in [0.25, 0.3) is 5.91 Å². The van der Waals surface area contributed by atoms with Crippen LogP contribution in [0.1, 0.15) is 6.92 Å². The zero-order chi connectivity index (χ0) is 15.9. The van der Waals surface area contributed by atoms with E-state index in [9.17, 15) is 9.59 Å². The minimum absolute atomic E-state index is 0.0425. The first-order valence-corrected chi connectivity index (χ1v) is 7.08. The molecule has 7 nitrogen and oxygen atoms in total. The summed E-state index contributed by atoms with van der Waals surface area (Å²) >= 11 is 0. The molecule has 1 aromatic carbocycles. The summed E-state index contributed by atoms with van der Waals surface area (Å²) in [7, 11) is 0. The third kappa shape index (κ3) is 4.36. The van der Waals surface area contributed by atoms with E-state index in [1.165, 1.54) is 4.90 Å². The number of carbonyl (C=O) groups is 2. The Hall–Kier alpha value is -2.28. The van der Waals surface area contributed by atoms with E-state index in [2.05, 4.69) is 0 Å². The Balaban J connectivity index is 1.83. The molecule has 1 aromatic rings. The van der Waals surface area contributed by atoms with Gasteiger partial charge in [0.05, 0.1) is 19.8 Å². The van der Waals surface area contributed by atoms with Crippen LogP contribution >= 0.6 is 0 Å².